The van der Waals surface area contributed by atoms with Gasteiger partial charge in [0.05, 0.1) is 10.7 Å². The number of nitrogens with zero attached hydrogens (tertiary/aromatic N) is 1. The Bertz CT molecular complexity index is 433. The summed E-state index contributed by atoms with van der Waals surface area (Å²) in [5.41, 5.74) is 8.36. The first-order valence-corrected chi connectivity index (χ1v) is 7.64. The Balaban J connectivity index is 2.01. The maximum Gasteiger partial charge on any atom is 0.0642 e. The molecule has 0 spiro atoms. The van der Waals surface area contributed by atoms with E-state index in [1.165, 1.54) is 12.0 Å². The number of anilines is 1. The van der Waals surface area contributed by atoms with Gasteiger partial charge in [0.25, 0.3) is 0 Å². The van der Waals surface area contributed by atoms with E-state index in [9.17, 15) is 0 Å². The van der Waals surface area contributed by atoms with Gasteiger partial charge in [-0.3, -0.25) is 0 Å². The largest absolute Gasteiger partial charge is 0.373 e. The van der Waals surface area contributed by atoms with Crippen LogP contribution in [0.5, 0.6) is 0 Å². The molecule has 1 saturated carbocycles. The fourth-order valence-corrected chi connectivity index (χ4v) is 2.89. The fourth-order valence-electron chi connectivity index (χ4n) is 2.54. The molecule has 106 valence electrons. The Kier molecular flexibility index (Phi) is 4.75. The first-order chi connectivity index (χ1) is 9.01. The summed E-state index contributed by atoms with van der Waals surface area (Å²) < 4.78 is 0. The number of hydrogen-bond donors (Lipinski definition) is 1. The van der Waals surface area contributed by atoms with Crippen molar-refractivity contribution in [1.29, 1.82) is 0 Å². The second-order valence-electron chi connectivity index (χ2n) is 6.01. The SMILES string of the molecule is CCC(N)Cc1ccc(N(C)CC2CC2C)c(Cl)c1. The zero-order chi connectivity index (χ0) is 14.0. The summed E-state index contributed by atoms with van der Waals surface area (Å²) in [5.74, 6) is 1.72. The van der Waals surface area contributed by atoms with Gasteiger partial charge in [-0.05, 0) is 48.8 Å². The summed E-state index contributed by atoms with van der Waals surface area (Å²) in [5, 5.41) is 0.844. The van der Waals surface area contributed by atoms with Crippen molar-refractivity contribution in [2.75, 3.05) is 18.5 Å². The molecule has 1 aromatic rings. The normalized spacial score (nSPS) is 23.2. The van der Waals surface area contributed by atoms with Crippen LogP contribution in [0.2, 0.25) is 5.02 Å². The molecule has 1 aromatic carbocycles. The topological polar surface area (TPSA) is 29.3 Å². The highest BCUT2D eigenvalue weighted by molar-refractivity contribution is 6.33. The second-order valence-corrected chi connectivity index (χ2v) is 6.42. The smallest absolute Gasteiger partial charge is 0.0642 e. The third-order valence-electron chi connectivity index (χ3n) is 4.23. The molecule has 3 atom stereocenters. The van der Waals surface area contributed by atoms with E-state index in [0.29, 0.717) is 0 Å². The summed E-state index contributed by atoms with van der Waals surface area (Å²) in [6.07, 6.45) is 3.25. The fraction of sp³-hybridized carbons (Fsp3) is 0.625. The predicted molar refractivity (Wildman–Crippen MR) is 84.0 cm³/mol. The van der Waals surface area contributed by atoms with Crippen LogP contribution in [0, 0.1) is 11.8 Å². The zero-order valence-corrected chi connectivity index (χ0v) is 13.0. The minimum atomic E-state index is 0.229. The maximum atomic E-state index is 6.41. The van der Waals surface area contributed by atoms with Crippen molar-refractivity contribution in [3.63, 3.8) is 0 Å². The van der Waals surface area contributed by atoms with Gasteiger partial charge in [-0.2, -0.15) is 0 Å². The molecule has 1 aliphatic carbocycles. The molecule has 1 fully saturated rings. The first-order valence-electron chi connectivity index (χ1n) is 7.26. The highest BCUT2D eigenvalue weighted by Gasteiger charge is 2.33. The highest BCUT2D eigenvalue weighted by Crippen LogP contribution is 2.39. The van der Waals surface area contributed by atoms with E-state index in [4.69, 9.17) is 17.3 Å². The van der Waals surface area contributed by atoms with Crippen molar-refractivity contribution < 1.29 is 0 Å². The summed E-state index contributed by atoms with van der Waals surface area (Å²) in [6, 6.07) is 6.59. The zero-order valence-electron chi connectivity index (χ0n) is 12.2. The van der Waals surface area contributed by atoms with Crippen molar-refractivity contribution in [2.24, 2.45) is 17.6 Å². The molecule has 1 aliphatic rings. The van der Waals surface area contributed by atoms with E-state index in [1.54, 1.807) is 0 Å². The number of rotatable bonds is 6. The average Bonchev–Trinajstić information content (AvgIpc) is 3.04. The van der Waals surface area contributed by atoms with Crippen LogP contribution in [0.4, 0.5) is 5.69 Å². The summed E-state index contributed by atoms with van der Waals surface area (Å²) >= 11 is 6.41. The third kappa shape index (κ3) is 3.87. The Morgan fingerprint density at radius 3 is 2.68 bits per heavy atom. The summed E-state index contributed by atoms with van der Waals surface area (Å²) in [7, 11) is 2.13. The molecule has 0 bridgehead atoms. The van der Waals surface area contributed by atoms with E-state index in [0.717, 1.165) is 41.9 Å². The quantitative estimate of drug-likeness (QED) is 0.861. The molecule has 0 heterocycles. The molecular weight excluding hydrogens is 256 g/mol. The monoisotopic (exact) mass is 280 g/mol. The average molecular weight is 281 g/mol. The van der Waals surface area contributed by atoms with Gasteiger partial charge in [-0.25, -0.2) is 0 Å². The van der Waals surface area contributed by atoms with Crippen molar-refractivity contribution in [3.8, 4) is 0 Å². The van der Waals surface area contributed by atoms with Crippen LogP contribution in [0.3, 0.4) is 0 Å². The van der Waals surface area contributed by atoms with Gasteiger partial charge in [-0.1, -0.05) is 31.5 Å². The van der Waals surface area contributed by atoms with Crippen molar-refractivity contribution >= 4 is 17.3 Å². The number of hydrogen-bond acceptors (Lipinski definition) is 2. The lowest BCUT2D eigenvalue weighted by atomic mass is 10.0. The van der Waals surface area contributed by atoms with Crippen LogP contribution < -0.4 is 10.6 Å². The minimum Gasteiger partial charge on any atom is -0.373 e. The van der Waals surface area contributed by atoms with Gasteiger partial charge in [-0.15, -0.1) is 0 Å². The van der Waals surface area contributed by atoms with E-state index in [2.05, 4.69) is 44.0 Å². The van der Waals surface area contributed by atoms with E-state index < -0.39 is 0 Å². The molecule has 0 radical (unpaired) electrons. The Morgan fingerprint density at radius 1 is 1.47 bits per heavy atom. The van der Waals surface area contributed by atoms with Crippen molar-refractivity contribution in [1.82, 2.24) is 0 Å². The molecule has 3 heteroatoms. The molecule has 0 aliphatic heterocycles. The van der Waals surface area contributed by atoms with Gasteiger partial charge in [0, 0.05) is 19.6 Å². The van der Waals surface area contributed by atoms with Crippen LogP contribution >= 0.6 is 11.6 Å². The predicted octanol–water partition coefficient (Wildman–Crippen LogP) is 3.71. The van der Waals surface area contributed by atoms with Crippen LogP contribution in [0.15, 0.2) is 18.2 Å². The molecule has 2 nitrogen and oxygen atoms in total. The molecule has 0 aromatic heterocycles. The van der Waals surface area contributed by atoms with Gasteiger partial charge >= 0.3 is 0 Å². The lowest BCUT2D eigenvalue weighted by Gasteiger charge is -2.21. The van der Waals surface area contributed by atoms with Gasteiger partial charge in [0.15, 0.2) is 0 Å². The van der Waals surface area contributed by atoms with Crippen LogP contribution in [-0.2, 0) is 6.42 Å². The number of benzene rings is 1. The van der Waals surface area contributed by atoms with E-state index in [1.807, 2.05) is 0 Å². The standard InChI is InChI=1S/C16H25ClN2/c1-4-14(18)8-12-5-6-16(15(17)9-12)19(3)10-13-7-11(13)2/h5-6,9,11,13-14H,4,7-8,10,18H2,1-3H3. The Hall–Kier alpha value is -0.730. The van der Waals surface area contributed by atoms with E-state index >= 15 is 0 Å². The lowest BCUT2D eigenvalue weighted by molar-refractivity contribution is 0.646. The van der Waals surface area contributed by atoms with Gasteiger partial charge in [0.1, 0.15) is 0 Å². The lowest BCUT2D eigenvalue weighted by Crippen LogP contribution is -2.22. The summed E-state index contributed by atoms with van der Waals surface area (Å²) in [4.78, 5) is 2.28. The second kappa shape index (κ2) is 6.15. The highest BCUT2D eigenvalue weighted by atomic mass is 35.5. The molecule has 19 heavy (non-hydrogen) atoms. The Labute approximate surface area is 121 Å². The molecule has 2 N–H and O–H groups in total. The first kappa shape index (κ1) is 14.7. The number of nitrogens with two attached hydrogens (primary N) is 1. The molecular formula is C16H25ClN2. The van der Waals surface area contributed by atoms with Gasteiger partial charge < -0.3 is 10.6 Å². The van der Waals surface area contributed by atoms with Crippen molar-refractivity contribution in [2.45, 2.75) is 39.2 Å². The van der Waals surface area contributed by atoms with Crippen molar-refractivity contribution in [3.05, 3.63) is 28.8 Å². The summed E-state index contributed by atoms with van der Waals surface area (Å²) in [6.45, 7) is 5.54. The molecule has 0 saturated heterocycles. The van der Waals surface area contributed by atoms with Crippen LogP contribution in [0.1, 0.15) is 32.3 Å². The van der Waals surface area contributed by atoms with Crippen LogP contribution in [0.25, 0.3) is 0 Å². The van der Waals surface area contributed by atoms with Gasteiger partial charge in [0.2, 0.25) is 0 Å². The van der Waals surface area contributed by atoms with Crippen LogP contribution in [-0.4, -0.2) is 19.6 Å². The molecule has 3 unspecified atom stereocenters. The third-order valence-corrected chi connectivity index (χ3v) is 4.53. The minimum absolute atomic E-state index is 0.229. The Morgan fingerprint density at radius 2 is 2.16 bits per heavy atom. The molecule has 0 amide bonds. The maximum absolute atomic E-state index is 6.41. The molecule has 2 rings (SSSR count). The number of halogens is 1. The van der Waals surface area contributed by atoms with E-state index in [-0.39, 0.29) is 6.04 Å².